The van der Waals surface area contributed by atoms with Gasteiger partial charge in [-0.05, 0) is 113 Å². The van der Waals surface area contributed by atoms with Crippen molar-refractivity contribution in [3.05, 3.63) is 175 Å². The number of hydrogen-bond donors (Lipinski definition) is 0. The fourth-order valence-electron chi connectivity index (χ4n) is 7.67. The second-order valence-corrected chi connectivity index (χ2v) is 18.3. The summed E-state index contributed by atoms with van der Waals surface area (Å²) < 4.78 is 6.86. The molecule has 0 aliphatic carbocycles. The third-order valence-electron chi connectivity index (χ3n) is 12.1. The summed E-state index contributed by atoms with van der Waals surface area (Å²) in [6.45, 7) is 32.4. The lowest BCUT2D eigenvalue weighted by Gasteiger charge is -2.12. The van der Waals surface area contributed by atoms with Crippen molar-refractivity contribution >= 4 is 47.1 Å². The first-order valence-electron chi connectivity index (χ1n) is 28.7. The first-order chi connectivity index (χ1) is 36.5. The molecule has 5 rings (SSSR count). The van der Waals surface area contributed by atoms with Gasteiger partial charge in [0.15, 0.2) is 18.6 Å². The summed E-state index contributed by atoms with van der Waals surface area (Å²) in [6, 6.07) is 39.5. The number of aryl methyl sites for hydroxylation is 3. The summed E-state index contributed by atoms with van der Waals surface area (Å²) in [5, 5.41) is 13.8. The van der Waals surface area contributed by atoms with Gasteiger partial charge >= 0.3 is 0 Å². The zero-order valence-corrected chi connectivity index (χ0v) is 50.0. The first kappa shape index (κ1) is 68.8. The largest absolute Gasteiger partial charge is 0.269 e. The van der Waals surface area contributed by atoms with Crippen LogP contribution >= 0.6 is 0 Å². The van der Waals surface area contributed by atoms with Crippen LogP contribution in [0.5, 0.6) is 0 Å². The molecule has 0 amide bonds. The molecule has 0 spiro atoms. The van der Waals surface area contributed by atoms with Crippen molar-refractivity contribution in [2.24, 2.45) is 10.2 Å². The molecule has 0 bridgehead atoms. The third-order valence-corrected chi connectivity index (χ3v) is 12.1. The standard InChI is InChI=1S/C24H30N3.C12H24N.C11H14N2.C10H20N.C9H12.C2H6/c1-3-4-5-6-12-18-27-19-17-21(23-15-10-11-16-24(23)27)20-25-26(2)22-13-8-7-9-14-22;1-4-7-8-9-10-12-13(6-3)11-5-2;1-10(2)9-12-13(3)11-7-5-4-6-8-11;1-4-7-8-10-11(6-3)9-5-2;1-3-9-7-5-4-6-8(9)2;1-2/h7-11,13-17,19-20H,3-6,12,18H2,1-2H3;5-6,11H,4,7-10,12H2,1-3H3;4-9H,1H2,2-3H3;5-6,9H,4,7-8,10H2,1-3H3;4-7H,3H2,1-2H3;1-2H3/q2*+1;;+1;;/b;11-5-,13-6?;12-9+;9-5-,11-6?;;. The monoisotopic (exact) mass is 1020 g/mol. The van der Waals surface area contributed by atoms with E-state index >= 15 is 0 Å². The highest BCUT2D eigenvalue weighted by Crippen LogP contribution is 2.17. The molecule has 0 unspecified atom stereocenters. The highest BCUT2D eigenvalue weighted by Gasteiger charge is 2.11. The predicted molar refractivity (Wildman–Crippen MR) is 337 cm³/mol. The van der Waals surface area contributed by atoms with Crippen LogP contribution in [0.25, 0.3) is 10.9 Å². The number of rotatable bonds is 25. The smallest absolute Gasteiger partial charge is 0.213 e. The molecule has 1 heterocycles. The zero-order chi connectivity index (χ0) is 55.7. The van der Waals surface area contributed by atoms with Crippen LogP contribution in [0.4, 0.5) is 11.4 Å². The van der Waals surface area contributed by atoms with Crippen LogP contribution in [-0.4, -0.2) is 61.2 Å². The molecule has 1 aromatic heterocycles. The molecule has 0 atom stereocenters. The topological polar surface area (TPSA) is 41.1 Å². The Morgan fingerprint density at radius 2 is 1.01 bits per heavy atom. The van der Waals surface area contributed by atoms with Crippen LogP contribution in [0.15, 0.2) is 168 Å². The van der Waals surface area contributed by atoms with Gasteiger partial charge in [-0.2, -0.15) is 14.8 Å². The maximum absolute atomic E-state index is 4.64. The van der Waals surface area contributed by atoms with Crippen LogP contribution in [-0.2, 0) is 13.0 Å². The summed E-state index contributed by atoms with van der Waals surface area (Å²) in [5.41, 5.74) is 8.38. The van der Waals surface area contributed by atoms with Gasteiger partial charge in [-0.3, -0.25) is 10.0 Å². The molecule has 0 N–H and O–H groups in total. The van der Waals surface area contributed by atoms with Gasteiger partial charge in [0.05, 0.1) is 23.0 Å². The SMILES string of the molecule is C=C(C)/C=N/N(C)c1ccccc1.CC.CC=[N+](/C=C\C)CCCCC.CC=[N+](/C=C\C)CCCCCCC.CCCCCCC[n+]1ccc(/C=N/N(C)c2ccccc2)c2ccccc21.CCc1ccccc1C. The molecule has 0 saturated carbocycles. The maximum Gasteiger partial charge on any atom is 0.213 e. The zero-order valence-electron chi connectivity index (χ0n) is 50.0. The Hall–Kier alpha value is -6.21. The predicted octanol–water partition coefficient (Wildman–Crippen LogP) is 18.2. The highest BCUT2D eigenvalue weighted by molar-refractivity contribution is 5.97. The lowest BCUT2D eigenvalue weighted by atomic mass is 10.1. The second-order valence-electron chi connectivity index (χ2n) is 18.3. The number of hydrazone groups is 2. The molecule has 0 saturated heterocycles. The molecule has 0 radical (unpaired) electrons. The fraction of sp³-hybridized carbons (Fsp3) is 0.456. The molecule has 7 nitrogen and oxygen atoms in total. The van der Waals surface area contributed by atoms with Crippen molar-refractivity contribution in [2.45, 2.75) is 180 Å². The van der Waals surface area contributed by atoms with Crippen molar-refractivity contribution in [1.82, 2.24) is 0 Å². The molecule has 0 aliphatic heterocycles. The number of anilines is 2. The Kier molecular flexibility index (Phi) is 43.6. The van der Waals surface area contributed by atoms with Crippen LogP contribution in [0, 0.1) is 6.92 Å². The molecular formula is C68H106N7+3. The van der Waals surface area contributed by atoms with E-state index in [1.807, 2.05) is 99.6 Å². The minimum absolute atomic E-state index is 0.947. The number of fused-ring (bicyclic) bond motifs is 1. The van der Waals surface area contributed by atoms with Crippen molar-refractivity contribution in [2.75, 3.05) is 37.2 Å². The second kappa shape index (κ2) is 47.5. The number of hydrogen-bond acceptors (Lipinski definition) is 4. The van der Waals surface area contributed by atoms with Crippen LogP contribution < -0.4 is 14.6 Å². The molecule has 7 heteroatoms. The van der Waals surface area contributed by atoms with E-state index < -0.39 is 0 Å². The summed E-state index contributed by atoms with van der Waals surface area (Å²) >= 11 is 0. The molecule has 4 aromatic carbocycles. The molecule has 0 aliphatic rings. The van der Waals surface area contributed by atoms with E-state index in [1.54, 1.807) is 6.21 Å². The number of allylic oxidation sites excluding steroid dienone is 3. The Bertz CT molecular complexity index is 2340. The van der Waals surface area contributed by atoms with E-state index in [0.717, 1.165) is 42.0 Å². The van der Waals surface area contributed by atoms with Gasteiger partial charge in [-0.25, -0.2) is 9.15 Å². The summed E-state index contributed by atoms with van der Waals surface area (Å²) in [5.74, 6) is 0. The van der Waals surface area contributed by atoms with E-state index in [1.165, 1.54) is 112 Å². The Labute approximate surface area is 460 Å². The fourth-order valence-corrected chi connectivity index (χ4v) is 7.67. The van der Waals surface area contributed by atoms with Crippen LogP contribution in [0.1, 0.15) is 176 Å². The summed E-state index contributed by atoms with van der Waals surface area (Å²) in [4.78, 5) is 0. The third kappa shape index (κ3) is 33.4. The molecule has 75 heavy (non-hydrogen) atoms. The van der Waals surface area contributed by atoms with Crippen molar-refractivity contribution in [3.8, 4) is 0 Å². The van der Waals surface area contributed by atoms with E-state index in [2.05, 4.69) is 203 Å². The van der Waals surface area contributed by atoms with Gasteiger partial charge < -0.3 is 0 Å². The van der Waals surface area contributed by atoms with Crippen LogP contribution in [0.2, 0.25) is 0 Å². The van der Waals surface area contributed by atoms with Gasteiger partial charge in [0.25, 0.3) is 0 Å². The molecular weight excluding hydrogens is 915 g/mol. The average molecular weight is 1020 g/mol. The van der Waals surface area contributed by atoms with E-state index in [4.69, 9.17) is 0 Å². The van der Waals surface area contributed by atoms with Crippen molar-refractivity contribution in [3.63, 3.8) is 0 Å². The van der Waals surface area contributed by atoms with Crippen LogP contribution in [0.3, 0.4) is 0 Å². The number of aromatic nitrogens is 1. The summed E-state index contributed by atoms with van der Waals surface area (Å²) in [6.07, 6.45) is 37.0. The lowest BCUT2D eigenvalue weighted by Crippen LogP contribution is -2.34. The van der Waals surface area contributed by atoms with Gasteiger partial charge in [0, 0.05) is 71.1 Å². The summed E-state index contributed by atoms with van der Waals surface area (Å²) in [7, 11) is 3.89. The van der Waals surface area contributed by atoms with E-state index in [-0.39, 0.29) is 0 Å². The Morgan fingerprint density at radius 3 is 1.49 bits per heavy atom. The van der Waals surface area contributed by atoms with Crippen molar-refractivity contribution < 1.29 is 13.7 Å². The molecule has 410 valence electrons. The number of para-hydroxylation sites is 3. The van der Waals surface area contributed by atoms with E-state index in [0.29, 0.717) is 0 Å². The normalized spacial score (nSPS) is 11.2. The van der Waals surface area contributed by atoms with Gasteiger partial charge in [-0.15, -0.1) is 0 Å². The Balaban J connectivity index is 0.000000972. The van der Waals surface area contributed by atoms with Gasteiger partial charge in [0.2, 0.25) is 5.52 Å². The number of pyridine rings is 1. The average Bonchev–Trinajstić information content (AvgIpc) is 3.45. The first-order valence-corrected chi connectivity index (χ1v) is 28.7. The van der Waals surface area contributed by atoms with Gasteiger partial charge in [-0.1, -0.05) is 166 Å². The molecule has 5 aromatic rings. The maximum atomic E-state index is 4.64. The number of unbranched alkanes of at least 4 members (excludes halogenated alkanes) is 10. The van der Waals surface area contributed by atoms with E-state index in [9.17, 15) is 0 Å². The minimum Gasteiger partial charge on any atom is -0.269 e. The quantitative estimate of drug-likeness (QED) is 0.0253. The van der Waals surface area contributed by atoms with Gasteiger partial charge in [0.1, 0.15) is 32.1 Å². The Morgan fingerprint density at radius 1 is 0.560 bits per heavy atom. The molecule has 0 fully saturated rings. The number of nitrogens with zero attached hydrogens (tertiary/aromatic N) is 7. The highest BCUT2D eigenvalue weighted by atomic mass is 15.4. The minimum atomic E-state index is 0.947. The lowest BCUT2D eigenvalue weighted by molar-refractivity contribution is -0.671. The van der Waals surface area contributed by atoms with Crippen molar-refractivity contribution in [1.29, 1.82) is 0 Å². The number of benzene rings is 4.